The Labute approximate surface area is 113 Å². The summed E-state index contributed by atoms with van der Waals surface area (Å²) < 4.78 is 0. The van der Waals surface area contributed by atoms with Gasteiger partial charge in [0.05, 0.1) is 0 Å². The third-order valence-corrected chi connectivity index (χ3v) is 3.61. The number of rotatable bonds is 4. The third kappa shape index (κ3) is 1.87. The first-order valence-electron chi connectivity index (χ1n) is 5.59. The van der Waals surface area contributed by atoms with E-state index in [9.17, 15) is 30.3 Å². The first-order valence-corrected chi connectivity index (χ1v) is 5.59. The molecule has 9 heteroatoms. The highest BCUT2D eigenvalue weighted by Crippen LogP contribution is 2.33. The molecule has 0 aliphatic carbocycles. The fourth-order valence-electron chi connectivity index (χ4n) is 2.06. The standard InChI is InChI=1S/C11H13N3O6/c1-6-5-10(9(4)8(3)7(6)2)11(12(15)16,13(17)18)14(19)20/h5H,1-4H3. The van der Waals surface area contributed by atoms with Crippen LogP contribution >= 0.6 is 0 Å². The van der Waals surface area contributed by atoms with Crippen LogP contribution in [-0.4, -0.2) is 14.8 Å². The van der Waals surface area contributed by atoms with Crippen LogP contribution in [0.1, 0.15) is 27.8 Å². The van der Waals surface area contributed by atoms with Crippen LogP contribution in [0.5, 0.6) is 0 Å². The molecule has 0 spiro atoms. The van der Waals surface area contributed by atoms with Crippen molar-refractivity contribution in [2.75, 3.05) is 0 Å². The molecule has 9 nitrogen and oxygen atoms in total. The molecule has 0 fully saturated rings. The fraction of sp³-hybridized carbons (Fsp3) is 0.455. The van der Waals surface area contributed by atoms with Gasteiger partial charge in [0.2, 0.25) is 0 Å². The summed E-state index contributed by atoms with van der Waals surface area (Å²) in [5, 5.41) is 33.3. The Balaban J connectivity index is 3.90. The Kier molecular flexibility index (Phi) is 3.74. The molecule has 108 valence electrons. The SMILES string of the molecule is Cc1cc(C([N+](=O)[O-])([N+](=O)[O-])[N+](=O)[O-])c(C)c(C)c1C. The Morgan fingerprint density at radius 2 is 1.20 bits per heavy atom. The molecule has 0 saturated heterocycles. The molecule has 1 rings (SSSR count). The van der Waals surface area contributed by atoms with E-state index in [4.69, 9.17) is 0 Å². The van der Waals surface area contributed by atoms with Crippen molar-refractivity contribution >= 4 is 0 Å². The van der Waals surface area contributed by atoms with Gasteiger partial charge in [-0.2, -0.15) is 0 Å². The maximum Gasteiger partial charge on any atom is 0.728 e. The van der Waals surface area contributed by atoms with E-state index in [1.807, 2.05) is 0 Å². The van der Waals surface area contributed by atoms with Crippen molar-refractivity contribution in [2.45, 2.75) is 33.5 Å². The summed E-state index contributed by atoms with van der Waals surface area (Å²) >= 11 is 0. The van der Waals surface area contributed by atoms with Gasteiger partial charge in [-0.15, -0.1) is 0 Å². The van der Waals surface area contributed by atoms with Gasteiger partial charge in [0, 0.05) is 0 Å². The summed E-state index contributed by atoms with van der Waals surface area (Å²) in [6, 6.07) is 1.14. The highest BCUT2D eigenvalue weighted by molar-refractivity contribution is 5.44. The highest BCUT2D eigenvalue weighted by Gasteiger charge is 2.73. The maximum atomic E-state index is 11.1. The van der Waals surface area contributed by atoms with Crippen LogP contribution in [0.3, 0.4) is 0 Å². The normalized spacial score (nSPS) is 11.2. The van der Waals surface area contributed by atoms with Gasteiger partial charge in [-0.05, 0) is 56.0 Å². The zero-order valence-corrected chi connectivity index (χ0v) is 11.4. The summed E-state index contributed by atoms with van der Waals surface area (Å²) in [7, 11) is 0. The van der Waals surface area contributed by atoms with Crippen molar-refractivity contribution in [3.05, 3.63) is 64.2 Å². The van der Waals surface area contributed by atoms with Crippen LogP contribution in [0.4, 0.5) is 0 Å². The molecule has 0 saturated carbocycles. The lowest BCUT2D eigenvalue weighted by Gasteiger charge is -2.15. The van der Waals surface area contributed by atoms with E-state index in [0.717, 1.165) is 11.6 Å². The van der Waals surface area contributed by atoms with E-state index in [-0.39, 0.29) is 5.56 Å². The van der Waals surface area contributed by atoms with E-state index in [1.54, 1.807) is 20.8 Å². The fourth-order valence-corrected chi connectivity index (χ4v) is 2.06. The third-order valence-electron chi connectivity index (χ3n) is 3.61. The van der Waals surface area contributed by atoms with Gasteiger partial charge >= 0.3 is 5.79 Å². The van der Waals surface area contributed by atoms with Crippen LogP contribution in [0.2, 0.25) is 0 Å². The summed E-state index contributed by atoms with van der Waals surface area (Å²) in [6.07, 6.45) is 0. The van der Waals surface area contributed by atoms with Crippen LogP contribution < -0.4 is 0 Å². The predicted octanol–water partition coefficient (Wildman–Crippen LogP) is 1.86. The van der Waals surface area contributed by atoms with Crippen molar-refractivity contribution in [3.8, 4) is 0 Å². The summed E-state index contributed by atoms with van der Waals surface area (Å²) in [6.45, 7) is 6.36. The van der Waals surface area contributed by atoms with Gasteiger partial charge in [-0.25, -0.2) is 0 Å². The van der Waals surface area contributed by atoms with E-state index in [2.05, 4.69) is 0 Å². The molecule has 1 aromatic carbocycles. The largest absolute Gasteiger partial charge is 0.728 e. The molecule has 0 aliphatic rings. The molecule has 0 aliphatic heterocycles. The highest BCUT2D eigenvalue weighted by atomic mass is 16.7. The second kappa shape index (κ2) is 4.83. The average molecular weight is 283 g/mol. The van der Waals surface area contributed by atoms with Crippen LogP contribution in [0.25, 0.3) is 0 Å². The molecular formula is C11H13N3O6. The van der Waals surface area contributed by atoms with Crippen molar-refractivity contribution in [1.29, 1.82) is 0 Å². The maximum absolute atomic E-state index is 11.1. The first kappa shape index (κ1) is 15.5. The summed E-state index contributed by atoms with van der Waals surface area (Å²) in [5.41, 5.74) is 1.54. The number of benzene rings is 1. The smallest absolute Gasteiger partial charge is 0.252 e. The minimum atomic E-state index is -3.58. The van der Waals surface area contributed by atoms with Gasteiger partial charge in [-0.1, -0.05) is 0 Å². The molecule has 0 N–H and O–H groups in total. The van der Waals surface area contributed by atoms with Gasteiger partial charge in [-0.3, -0.25) is 30.3 Å². The van der Waals surface area contributed by atoms with Gasteiger partial charge in [0.1, 0.15) is 0 Å². The topological polar surface area (TPSA) is 129 Å². The predicted molar refractivity (Wildman–Crippen MR) is 68.1 cm³/mol. The van der Waals surface area contributed by atoms with E-state index in [0.29, 0.717) is 11.1 Å². The van der Waals surface area contributed by atoms with E-state index < -0.39 is 26.1 Å². The summed E-state index contributed by atoms with van der Waals surface area (Å²) in [4.78, 5) is 28.9. The van der Waals surface area contributed by atoms with Gasteiger partial charge in [0.25, 0.3) is 0 Å². The molecule has 1 aromatic rings. The molecule has 0 bridgehead atoms. The lowest BCUT2D eigenvalue weighted by Crippen LogP contribution is -2.50. The first-order chi connectivity index (χ1) is 9.08. The molecule has 0 aromatic heterocycles. The van der Waals surface area contributed by atoms with Crippen LogP contribution in [0, 0.1) is 58.0 Å². The lowest BCUT2D eigenvalue weighted by atomic mass is 9.91. The molecule has 0 radical (unpaired) electrons. The molecule has 20 heavy (non-hydrogen) atoms. The summed E-state index contributed by atoms with van der Waals surface area (Å²) in [5.74, 6) is -3.58. The van der Waals surface area contributed by atoms with Crippen LogP contribution in [-0.2, 0) is 5.79 Å². The number of aryl methyl sites for hydroxylation is 1. The number of nitro groups is 3. The van der Waals surface area contributed by atoms with Crippen molar-refractivity contribution in [2.24, 2.45) is 0 Å². The van der Waals surface area contributed by atoms with Gasteiger partial charge < -0.3 is 0 Å². The quantitative estimate of drug-likeness (QED) is 0.471. The zero-order chi connectivity index (χ0) is 15.8. The molecular weight excluding hydrogens is 270 g/mol. The van der Waals surface area contributed by atoms with Gasteiger partial charge in [0.15, 0.2) is 20.3 Å². The zero-order valence-electron chi connectivity index (χ0n) is 11.4. The minimum Gasteiger partial charge on any atom is -0.252 e. The molecule has 0 amide bonds. The van der Waals surface area contributed by atoms with Crippen LogP contribution in [0.15, 0.2) is 6.07 Å². The Bertz CT molecular complexity index is 589. The van der Waals surface area contributed by atoms with E-state index in [1.165, 1.54) is 6.92 Å². The number of nitrogens with zero attached hydrogens (tertiary/aromatic N) is 3. The monoisotopic (exact) mass is 283 g/mol. The lowest BCUT2D eigenvalue weighted by molar-refractivity contribution is -0.986. The van der Waals surface area contributed by atoms with E-state index >= 15 is 0 Å². The Morgan fingerprint density at radius 1 is 0.800 bits per heavy atom. The van der Waals surface area contributed by atoms with Crippen molar-refractivity contribution in [3.63, 3.8) is 0 Å². The second-order valence-corrected chi connectivity index (χ2v) is 4.52. The minimum absolute atomic E-state index is 0.179. The second-order valence-electron chi connectivity index (χ2n) is 4.52. The number of hydrogen-bond acceptors (Lipinski definition) is 6. The molecule has 0 heterocycles. The molecule has 0 unspecified atom stereocenters. The molecule has 0 atom stereocenters. The Hall–Kier alpha value is -2.58. The number of hydrogen-bond donors (Lipinski definition) is 0. The van der Waals surface area contributed by atoms with Crippen molar-refractivity contribution in [1.82, 2.24) is 0 Å². The van der Waals surface area contributed by atoms with Crippen molar-refractivity contribution < 1.29 is 14.8 Å². The Morgan fingerprint density at radius 3 is 1.55 bits per heavy atom. The average Bonchev–Trinajstić information content (AvgIpc) is 2.32.